The zero-order valence-electron chi connectivity index (χ0n) is 20.1. The van der Waals surface area contributed by atoms with Gasteiger partial charge in [-0.2, -0.15) is 0 Å². The van der Waals surface area contributed by atoms with Gasteiger partial charge in [0.15, 0.2) is 5.82 Å². The molecule has 8 nitrogen and oxygen atoms in total. The number of likely N-dealkylation sites (tertiary alicyclic amines) is 1. The van der Waals surface area contributed by atoms with Crippen molar-refractivity contribution < 1.29 is 23.7 Å². The summed E-state index contributed by atoms with van der Waals surface area (Å²) >= 11 is 0. The van der Waals surface area contributed by atoms with Crippen molar-refractivity contribution in [1.29, 1.82) is 0 Å². The summed E-state index contributed by atoms with van der Waals surface area (Å²) in [6.07, 6.45) is 3.61. The van der Waals surface area contributed by atoms with E-state index in [4.69, 9.17) is 10.5 Å². The second-order valence-corrected chi connectivity index (χ2v) is 10.2. The number of hydrogen-bond acceptors (Lipinski definition) is 8. The van der Waals surface area contributed by atoms with Crippen LogP contribution in [0.1, 0.15) is 52.7 Å². The van der Waals surface area contributed by atoms with Crippen LogP contribution in [-0.2, 0) is 4.74 Å². The first-order valence-electron chi connectivity index (χ1n) is 11.9. The Morgan fingerprint density at radius 1 is 1.29 bits per heavy atom. The molecule has 2 aliphatic heterocycles. The summed E-state index contributed by atoms with van der Waals surface area (Å²) in [6.45, 7) is 8.06. The Bertz CT molecular complexity index is 980. The third-order valence-electron chi connectivity index (χ3n) is 7.51. The molecule has 1 aromatic rings. The van der Waals surface area contributed by atoms with Gasteiger partial charge in [0.1, 0.15) is 11.5 Å². The first-order valence-corrected chi connectivity index (χ1v) is 11.9. The molecule has 1 aliphatic carbocycles. The van der Waals surface area contributed by atoms with Gasteiger partial charge in [0.2, 0.25) is 5.95 Å². The maximum Gasteiger partial charge on any atom is 0.223 e. The standard InChI is InChI=1S/C24H35F2N5O3/c1-12-5-6-14-15(9-16(25)20(27)22(14)31(12)13(2)24(3,4)33)21-17(26)10-28-23(30-21)29-18-7-8-34-11-19(18)32/h9-10,12-14,18-19,22,32-33H,5-8,11,27H2,1-4H3,(H,28,29,30). The molecule has 0 saturated carbocycles. The minimum Gasteiger partial charge on any atom is -0.398 e. The van der Waals surface area contributed by atoms with Crippen LogP contribution in [0.4, 0.5) is 14.7 Å². The summed E-state index contributed by atoms with van der Waals surface area (Å²) in [5, 5.41) is 23.9. The van der Waals surface area contributed by atoms with Crippen molar-refractivity contribution >= 4 is 11.5 Å². The number of allylic oxidation sites excluding steroid dienone is 2. The second-order valence-electron chi connectivity index (χ2n) is 10.2. The summed E-state index contributed by atoms with van der Waals surface area (Å²) in [4.78, 5) is 10.5. The normalized spacial score (nSPS) is 31.6. The molecule has 0 amide bonds. The monoisotopic (exact) mass is 479 g/mol. The van der Waals surface area contributed by atoms with Gasteiger partial charge in [-0.25, -0.2) is 18.7 Å². The van der Waals surface area contributed by atoms with Crippen LogP contribution in [0, 0.1) is 11.7 Å². The number of rotatable bonds is 5. The van der Waals surface area contributed by atoms with E-state index in [0.29, 0.717) is 25.0 Å². The van der Waals surface area contributed by atoms with E-state index in [1.165, 1.54) is 6.08 Å². The number of aromatic nitrogens is 2. The van der Waals surface area contributed by atoms with E-state index in [2.05, 4.69) is 15.3 Å². The van der Waals surface area contributed by atoms with Crippen LogP contribution in [0.15, 0.2) is 23.8 Å². The largest absolute Gasteiger partial charge is 0.398 e. The fraction of sp³-hybridized carbons (Fsp3) is 0.667. The molecule has 0 aromatic carbocycles. The maximum atomic E-state index is 15.2. The van der Waals surface area contributed by atoms with Gasteiger partial charge in [0.25, 0.3) is 0 Å². The van der Waals surface area contributed by atoms with E-state index < -0.39 is 29.4 Å². The zero-order chi connectivity index (χ0) is 24.8. The van der Waals surface area contributed by atoms with Gasteiger partial charge in [-0.15, -0.1) is 0 Å². The van der Waals surface area contributed by atoms with Gasteiger partial charge in [0.05, 0.1) is 42.3 Å². The SMILES string of the molecule is CC1CCC2C(c3nc(NC4CCOCC4O)ncc3F)=CC(F)=C(N)C2N1C(C)C(C)(C)O. The minimum atomic E-state index is -1.05. The van der Waals surface area contributed by atoms with Crippen LogP contribution in [0.3, 0.4) is 0 Å². The van der Waals surface area contributed by atoms with Gasteiger partial charge in [-0.05, 0) is 58.6 Å². The lowest BCUT2D eigenvalue weighted by Gasteiger charge is -2.52. The molecule has 2 saturated heterocycles. The molecule has 0 bridgehead atoms. The molecule has 2 fully saturated rings. The Morgan fingerprint density at radius 3 is 2.71 bits per heavy atom. The number of ether oxygens (including phenoxy) is 1. The van der Waals surface area contributed by atoms with Gasteiger partial charge in [-0.3, -0.25) is 4.90 Å². The molecule has 3 heterocycles. The molecule has 188 valence electrons. The van der Waals surface area contributed by atoms with Crippen LogP contribution < -0.4 is 11.1 Å². The Balaban J connectivity index is 1.70. The summed E-state index contributed by atoms with van der Waals surface area (Å²) < 4.78 is 35.4. The Kier molecular flexibility index (Phi) is 6.97. The molecule has 5 N–H and O–H groups in total. The van der Waals surface area contributed by atoms with Crippen LogP contribution in [0.5, 0.6) is 0 Å². The van der Waals surface area contributed by atoms with E-state index in [0.717, 1.165) is 12.6 Å². The number of anilines is 1. The van der Waals surface area contributed by atoms with Crippen LogP contribution in [-0.4, -0.2) is 74.2 Å². The molecule has 0 radical (unpaired) electrons. The van der Waals surface area contributed by atoms with E-state index in [1.54, 1.807) is 13.8 Å². The number of halogens is 2. The van der Waals surface area contributed by atoms with Gasteiger partial charge < -0.3 is 26.0 Å². The molecule has 0 spiro atoms. The Labute approximate surface area is 198 Å². The summed E-state index contributed by atoms with van der Waals surface area (Å²) in [5.74, 6) is -1.41. The van der Waals surface area contributed by atoms with Crippen LogP contribution >= 0.6 is 0 Å². The summed E-state index contributed by atoms with van der Waals surface area (Å²) in [7, 11) is 0. The predicted octanol–water partition coefficient (Wildman–Crippen LogP) is 2.34. The van der Waals surface area contributed by atoms with E-state index in [9.17, 15) is 10.2 Å². The molecule has 3 aliphatic rings. The third-order valence-corrected chi connectivity index (χ3v) is 7.51. The minimum absolute atomic E-state index is 0.0158. The third kappa shape index (κ3) is 4.68. The van der Waals surface area contributed by atoms with Gasteiger partial charge in [-0.1, -0.05) is 0 Å². The van der Waals surface area contributed by atoms with Crippen LogP contribution in [0.25, 0.3) is 5.57 Å². The predicted molar refractivity (Wildman–Crippen MR) is 125 cm³/mol. The average Bonchev–Trinajstić information content (AvgIpc) is 2.78. The van der Waals surface area contributed by atoms with Gasteiger partial charge >= 0.3 is 0 Å². The fourth-order valence-corrected chi connectivity index (χ4v) is 5.31. The Hall–Kier alpha value is -2.14. The smallest absolute Gasteiger partial charge is 0.223 e. The molecule has 34 heavy (non-hydrogen) atoms. The number of hydrogen-bond donors (Lipinski definition) is 4. The highest BCUT2D eigenvalue weighted by Crippen LogP contribution is 2.45. The van der Waals surface area contributed by atoms with Crippen molar-refractivity contribution in [2.45, 2.75) is 82.8 Å². The highest BCUT2D eigenvalue weighted by atomic mass is 19.1. The second kappa shape index (κ2) is 9.49. The number of nitrogens with one attached hydrogen (secondary N) is 1. The summed E-state index contributed by atoms with van der Waals surface area (Å²) in [6, 6.07) is -1.13. The lowest BCUT2D eigenvalue weighted by molar-refractivity contribution is -0.0595. The number of aliphatic hydroxyl groups excluding tert-OH is 1. The molecule has 1 aromatic heterocycles. The maximum absolute atomic E-state index is 15.2. The molecule has 4 rings (SSSR count). The van der Waals surface area contributed by atoms with E-state index >= 15 is 8.78 Å². The highest BCUT2D eigenvalue weighted by Gasteiger charge is 2.47. The van der Waals surface area contributed by atoms with E-state index in [-0.39, 0.29) is 48.0 Å². The molecular weight excluding hydrogens is 444 g/mol. The number of nitrogens with two attached hydrogens (primary N) is 1. The van der Waals surface area contributed by atoms with Crippen molar-refractivity contribution in [2.24, 2.45) is 11.7 Å². The lowest BCUT2D eigenvalue weighted by Crippen LogP contribution is -2.61. The van der Waals surface area contributed by atoms with Crippen molar-refractivity contribution in [2.75, 3.05) is 18.5 Å². The highest BCUT2D eigenvalue weighted by molar-refractivity contribution is 5.71. The zero-order valence-corrected chi connectivity index (χ0v) is 20.1. The molecule has 6 atom stereocenters. The van der Waals surface area contributed by atoms with Crippen LogP contribution in [0.2, 0.25) is 0 Å². The Morgan fingerprint density at radius 2 is 2.03 bits per heavy atom. The number of nitrogens with zero attached hydrogens (tertiary/aromatic N) is 3. The number of aliphatic hydroxyl groups is 2. The topological polar surface area (TPSA) is 117 Å². The first-order chi connectivity index (χ1) is 16.0. The lowest BCUT2D eigenvalue weighted by atomic mass is 9.74. The quantitative estimate of drug-likeness (QED) is 0.509. The summed E-state index contributed by atoms with van der Waals surface area (Å²) in [5.41, 5.74) is 5.76. The van der Waals surface area contributed by atoms with E-state index in [1.807, 2.05) is 18.7 Å². The van der Waals surface area contributed by atoms with Crippen molar-refractivity contribution in [1.82, 2.24) is 14.9 Å². The first kappa shape index (κ1) is 25.0. The molecule has 10 heteroatoms. The molecular formula is C24H35F2N5O3. The average molecular weight is 480 g/mol. The van der Waals surface area contributed by atoms with Crippen molar-refractivity contribution in [3.8, 4) is 0 Å². The molecule has 6 unspecified atom stereocenters. The van der Waals surface area contributed by atoms with Gasteiger partial charge in [0, 0.05) is 24.6 Å². The number of piperidine rings is 1. The van der Waals surface area contributed by atoms with Crippen molar-refractivity contribution in [3.05, 3.63) is 35.3 Å². The number of fused-ring (bicyclic) bond motifs is 1. The van der Waals surface area contributed by atoms with Crippen molar-refractivity contribution in [3.63, 3.8) is 0 Å². The fourth-order valence-electron chi connectivity index (χ4n) is 5.31.